The molecule has 0 aliphatic carbocycles. The fraction of sp³-hybridized carbons (Fsp3) is 0.200. The molecular weight excluding hydrogens is 409 g/mol. The first kappa shape index (κ1) is 19.8. The zero-order valence-electron chi connectivity index (χ0n) is 16.3. The van der Waals surface area contributed by atoms with Crippen LogP contribution < -0.4 is 10.1 Å². The summed E-state index contributed by atoms with van der Waals surface area (Å²) in [4.78, 5) is 17.2. The second-order valence-electron chi connectivity index (χ2n) is 6.39. The quantitative estimate of drug-likeness (QED) is 0.473. The van der Waals surface area contributed by atoms with E-state index in [1.165, 1.54) is 35.6 Å². The molecule has 0 spiro atoms. The van der Waals surface area contributed by atoms with E-state index in [-0.39, 0.29) is 18.1 Å². The molecule has 0 saturated carbocycles. The fourth-order valence-corrected chi connectivity index (χ4v) is 3.43. The van der Waals surface area contributed by atoms with Crippen molar-refractivity contribution in [3.8, 4) is 17.0 Å². The van der Waals surface area contributed by atoms with Crippen molar-refractivity contribution in [3.05, 3.63) is 64.9 Å². The van der Waals surface area contributed by atoms with Gasteiger partial charge in [-0.25, -0.2) is 9.37 Å². The number of anilines is 1. The molecule has 154 valence electrons. The molecule has 4 aromatic rings. The van der Waals surface area contributed by atoms with E-state index < -0.39 is 5.91 Å². The summed E-state index contributed by atoms with van der Waals surface area (Å²) >= 11 is 1.30. The smallest absolute Gasteiger partial charge is 0.280 e. The molecule has 1 aromatic carbocycles. The van der Waals surface area contributed by atoms with Crippen molar-refractivity contribution in [2.75, 3.05) is 5.32 Å². The topological polar surface area (TPSA) is 95.1 Å². The molecule has 0 fully saturated rings. The molecule has 10 heteroatoms. The number of thiazole rings is 1. The predicted octanol–water partition coefficient (Wildman–Crippen LogP) is 4.29. The minimum absolute atomic E-state index is 0.0586. The van der Waals surface area contributed by atoms with Crippen LogP contribution in [0.25, 0.3) is 11.3 Å². The minimum Gasteiger partial charge on any atom is -0.489 e. The monoisotopic (exact) mass is 427 g/mol. The molecule has 1 amide bonds. The summed E-state index contributed by atoms with van der Waals surface area (Å²) < 4.78 is 25.6. The van der Waals surface area contributed by atoms with Gasteiger partial charge in [0.1, 0.15) is 23.9 Å². The summed E-state index contributed by atoms with van der Waals surface area (Å²) in [6.45, 7) is 4.52. The minimum atomic E-state index is -0.449. The van der Waals surface area contributed by atoms with Crippen LogP contribution in [0, 0.1) is 12.7 Å². The van der Waals surface area contributed by atoms with Gasteiger partial charge in [-0.2, -0.15) is 5.10 Å². The molecule has 4 rings (SSSR count). The van der Waals surface area contributed by atoms with E-state index in [0.29, 0.717) is 22.2 Å². The molecule has 0 saturated heterocycles. The van der Waals surface area contributed by atoms with Crippen molar-refractivity contribution >= 4 is 22.4 Å². The standard InChI is InChI=1S/C20H18FN5O3S/c1-3-26-9-13(8-22-26)17-11-30-20(23-17)24-19(27)18-16(12(2)29-25-18)10-28-15-6-4-14(21)5-7-15/h4-9,11H,3,10H2,1-2H3,(H,23,24,27). The van der Waals surface area contributed by atoms with Gasteiger partial charge in [-0.1, -0.05) is 5.16 Å². The average molecular weight is 427 g/mol. The van der Waals surface area contributed by atoms with Crippen LogP contribution in [-0.4, -0.2) is 25.8 Å². The lowest BCUT2D eigenvalue weighted by Crippen LogP contribution is -2.15. The maximum Gasteiger partial charge on any atom is 0.280 e. The number of ether oxygens (including phenoxy) is 1. The molecule has 0 radical (unpaired) electrons. The Balaban J connectivity index is 1.45. The predicted molar refractivity (Wildman–Crippen MR) is 109 cm³/mol. The third-order valence-electron chi connectivity index (χ3n) is 4.37. The van der Waals surface area contributed by atoms with E-state index in [4.69, 9.17) is 9.26 Å². The molecule has 0 aliphatic rings. The first-order valence-electron chi connectivity index (χ1n) is 9.16. The average Bonchev–Trinajstić information content (AvgIpc) is 3.47. The fourth-order valence-electron chi connectivity index (χ4n) is 2.71. The summed E-state index contributed by atoms with van der Waals surface area (Å²) in [6.07, 6.45) is 3.63. The Bertz CT molecular complexity index is 1170. The number of aromatic nitrogens is 4. The zero-order chi connectivity index (χ0) is 21.1. The lowest BCUT2D eigenvalue weighted by molar-refractivity contribution is 0.101. The Morgan fingerprint density at radius 2 is 2.13 bits per heavy atom. The highest BCUT2D eigenvalue weighted by Gasteiger charge is 2.21. The van der Waals surface area contributed by atoms with Crippen LogP contribution >= 0.6 is 11.3 Å². The zero-order valence-corrected chi connectivity index (χ0v) is 17.1. The summed E-state index contributed by atoms with van der Waals surface area (Å²) in [6, 6.07) is 5.62. The Morgan fingerprint density at radius 1 is 1.33 bits per heavy atom. The maximum absolute atomic E-state index is 13.0. The summed E-state index contributed by atoms with van der Waals surface area (Å²) in [5, 5.41) is 13.1. The van der Waals surface area contributed by atoms with Gasteiger partial charge in [0.25, 0.3) is 5.91 Å². The van der Waals surface area contributed by atoms with Crippen LogP contribution in [-0.2, 0) is 13.2 Å². The Labute approximate surface area is 175 Å². The molecule has 3 heterocycles. The number of amides is 1. The summed E-state index contributed by atoms with van der Waals surface area (Å²) in [7, 11) is 0. The molecule has 0 aliphatic heterocycles. The number of rotatable bonds is 7. The van der Waals surface area contributed by atoms with E-state index >= 15 is 0 Å². The van der Waals surface area contributed by atoms with Crippen molar-refractivity contribution in [2.24, 2.45) is 0 Å². The Morgan fingerprint density at radius 3 is 2.87 bits per heavy atom. The Kier molecular flexibility index (Phi) is 5.57. The highest BCUT2D eigenvalue weighted by molar-refractivity contribution is 7.14. The summed E-state index contributed by atoms with van der Waals surface area (Å²) in [5.41, 5.74) is 2.23. The number of hydrogen-bond acceptors (Lipinski definition) is 7. The molecule has 8 nitrogen and oxygen atoms in total. The third-order valence-corrected chi connectivity index (χ3v) is 5.13. The van der Waals surface area contributed by atoms with Gasteiger partial charge in [0.15, 0.2) is 10.8 Å². The van der Waals surface area contributed by atoms with Gasteiger partial charge in [0.2, 0.25) is 0 Å². The highest BCUT2D eigenvalue weighted by atomic mass is 32.1. The van der Waals surface area contributed by atoms with Crippen LogP contribution in [0.2, 0.25) is 0 Å². The van der Waals surface area contributed by atoms with Gasteiger partial charge in [-0.05, 0) is 38.1 Å². The molecule has 3 aromatic heterocycles. The van der Waals surface area contributed by atoms with Crippen LogP contribution in [0.4, 0.5) is 9.52 Å². The van der Waals surface area contributed by atoms with Crippen LogP contribution in [0.1, 0.15) is 28.7 Å². The van der Waals surface area contributed by atoms with E-state index in [9.17, 15) is 9.18 Å². The second-order valence-corrected chi connectivity index (χ2v) is 7.24. The number of carbonyl (C=O) groups is 1. The van der Waals surface area contributed by atoms with Gasteiger partial charge >= 0.3 is 0 Å². The highest BCUT2D eigenvalue weighted by Crippen LogP contribution is 2.25. The largest absolute Gasteiger partial charge is 0.489 e. The van der Waals surface area contributed by atoms with Gasteiger partial charge in [0, 0.05) is 23.7 Å². The van der Waals surface area contributed by atoms with Crippen LogP contribution in [0.3, 0.4) is 0 Å². The number of hydrogen-bond donors (Lipinski definition) is 1. The first-order chi connectivity index (χ1) is 14.5. The lowest BCUT2D eigenvalue weighted by Gasteiger charge is -2.06. The van der Waals surface area contributed by atoms with E-state index in [0.717, 1.165) is 17.8 Å². The number of aryl methyl sites for hydroxylation is 2. The molecule has 1 N–H and O–H groups in total. The number of halogens is 1. The number of nitrogens with zero attached hydrogens (tertiary/aromatic N) is 4. The number of benzene rings is 1. The number of carbonyl (C=O) groups excluding carboxylic acids is 1. The van der Waals surface area contributed by atoms with Crippen molar-refractivity contribution < 1.29 is 18.4 Å². The normalized spacial score (nSPS) is 10.9. The van der Waals surface area contributed by atoms with Gasteiger partial charge in [-0.15, -0.1) is 11.3 Å². The molecule has 30 heavy (non-hydrogen) atoms. The second kappa shape index (κ2) is 8.46. The van der Waals surface area contributed by atoms with Gasteiger partial charge in [-0.3, -0.25) is 14.8 Å². The summed E-state index contributed by atoms with van der Waals surface area (Å²) in [5.74, 6) is 0.137. The van der Waals surface area contributed by atoms with Gasteiger partial charge in [0.05, 0.1) is 17.5 Å². The van der Waals surface area contributed by atoms with E-state index in [1.807, 2.05) is 18.5 Å². The SMILES string of the molecule is CCn1cc(-c2csc(NC(=O)c3noc(C)c3COc3ccc(F)cc3)n2)cn1. The van der Waals surface area contributed by atoms with E-state index in [2.05, 4.69) is 20.6 Å². The molecular formula is C20H18FN5O3S. The number of nitrogens with one attached hydrogen (secondary N) is 1. The van der Waals surface area contributed by atoms with Crippen LogP contribution in [0.15, 0.2) is 46.6 Å². The van der Waals surface area contributed by atoms with Crippen molar-refractivity contribution in [1.29, 1.82) is 0 Å². The maximum atomic E-state index is 13.0. The van der Waals surface area contributed by atoms with Gasteiger partial charge < -0.3 is 9.26 Å². The Hall–Kier alpha value is -3.53. The first-order valence-corrected chi connectivity index (χ1v) is 10.0. The van der Waals surface area contributed by atoms with Crippen LogP contribution in [0.5, 0.6) is 5.75 Å². The lowest BCUT2D eigenvalue weighted by atomic mass is 10.2. The molecule has 0 bridgehead atoms. The molecule has 0 unspecified atom stereocenters. The van der Waals surface area contributed by atoms with Crippen molar-refractivity contribution in [2.45, 2.75) is 27.0 Å². The third kappa shape index (κ3) is 4.23. The van der Waals surface area contributed by atoms with Crippen molar-refractivity contribution in [1.82, 2.24) is 19.9 Å². The van der Waals surface area contributed by atoms with E-state index in [1.54, 1.807) is 17.8 Å². The molecule has 0 atom stereocenters. The van der Waals surface area contributed by atoms with Crippen molar-refractivity contribution in [3.63, 3.8) is 0 Å².